The van der Waals surface area contributed by atoms with Crippen LogP contribution in [0, 0.1) is 0 Å². The number of aromatic hydroxyl groups is 1. The molecule has 1 amide bonds. The van der Waals surface area contributed by atoms with Gasteiger partial charge in [0, 0.05) is 0 Å². The molecule has 3 aromatic rings. The van der Waals surface area contributed by atoms with Crippen LogP contribution >= 0.6 is 0 Å². The Morgan fingerprint density at radius 3 is 2.38 bits per heavy atom. The molecule has 3 aromatic carbocycles. The number of phenols is 1. The summed E-state index contributed by atoms with van der Waals surface area (Å²) in [5.74, 6) is -0.0900. The molecule has 120 valence electrons. The van der Waals surface area contributed by atoms with Gasteiger partial charge in [-0.25, -0.2) is 0 Å². The van der Waals surface area contributed by atoms with Crippen molar-refractivity contribution >= 4 is 5.91 Å². The van der Waals surface area contributed by atoms with Gasteiger partial charge in [0.05, 0.1) is 6.42 Å². The molecule has 3 N–H and O–H groups in total. The van der Waals surface area contributed by atoms with Crippen molar-refractivity contribution in [2.24, 2.45) is 5.73 Å². The normalized spacial score (nSPS) is 10.5. The largest absolute Gasteiger partial charge is 0.508 e. The van der Waals surface area contributed by atoms with E-state index in [4.69, 9.17) is 5.73 Å². The molecule has 0 aliphatic carbocycles. The van der Waals surface area contributed by atoms with Gasteiger partial charge in [0.2, 0.25) is 5.91 Å². The van der Waals surface area contributed by atoms with Crippen LogP contribution in [0.4, 0.5) is 0 Å². The lowest BCUT2D eigenvalue weighted by molar-refractivity contribution is -0.117. The zero-order valence-corrected chi connectivity index (χ0v) is 13.3. The van der Waals surface area contributed by atoms with Crippen LogP contribution in [0.2, 0.25) is 0 Å². The molecule has 0 heterocycles. The Hall–Kier alpha value is -3.07. The van der Waals surface area contributed by atoms with Crippen LogP contribution in [0.15, 0.2) is 72.8 Å². The lowest BCUT2D eigenvalue weighted by Crippen LogP contribution is -2.13. The average molecular weight is 317 g/mol. The summed E-state index contributed by atoms with van der Waals surface area (Å²) in [5.41, 5.74) is 10.6. The molecule has 0 fully saturated rings. The molecule has 0 spiro atoms. The zero-order valence-electron chi connectivity index (χ0n) is 13.3. The average Bonchev–Trinajstić information content (AvgIpc) is 2.55. The molecule has 0 aromatic heterocycles. The van der Waals surface area contributed by atoms with Crippen molar-refractivity contribution in [3.8, 4) is 16.9 Å². The highest BCUT2D eigenvalue weighted by Gasteiger charge is 2.09. The standard InChI is InChI=1S/C21H19NO2/c22-21(24)14-16-9-10-20(17-6-2-1-3-7-17)18(12-16)11-15-5-4-8-19(23)13-15/h1-10,12-13,23H,11,14H2,(H2,22,24). The first-order chi connectivity index (χ1) is 11.6. The maximum absolute atomic E-state index is 11.2. The Bertz CT molecular complexity index is 857. The highest BCUT2D eigenvalue weighted by atomic mass is 16.3. The van der Waals surface area contributed by atoms with E-state index in [9.17, 15) is 9.90 Å². The SMILES string of the molecule is NC(=O)Cc1ccc(-c2ccccc2)c(Cc2cccc(O)c2)c1. The Labute approximate surface area is 141 Å². The maximum Gasteiger partial charge on any atom is 0.221 e. The molecule has 0 bridgehead atoms. The molecule has 3 rings (SSSR count). The molecule has 3 heteroatoms. The smallest absolute Gasteiger partial charge is 0.221 e. The predicted octanol–water partition coefficient (Wildman–Crippen LogP) is 3.68. The highest BCUT2D eigenvalue weighted by molar-refractivity contribution is 5.77. The molecule has 0 radical (unpaired) electrons. The van der Waals surface area contributed by atoms with Crippen LogP contribution in [0.5, 0.6) is 5.75 Å². The first-order valence-corrected chi connectivity index (χ1v) is 7.85. The van der Waals surface area contributed by atoms with E-state index in [1.165, 1.54) is 0 Å². The van der Waals surface area contributed by atoms with E-state index >= 15 is 0 Å². The number of carbonyl (C=O) groups excluding carboxylic acids is 1. The Balaban J connectivity index is 2.03. The van der Waals surface area contributed by atoms with Crippen LogP contribution in [-0.4, -0.2) is 11.0 Å². The Morgan fingerprint density at radius 2 is 1.67 bits per heavy atom. The summed E-state index contributed by atoms with van der Waals surface area (Å²) in [7, 11) is 0. The zero-order chi connectivity index (χ0) is 16.9. The fourth-order valence-electron chi connectivity index (χ4n) is 2.89. The molecule has 0 atom stereocenters. The van der Waals surface area contributed by atoms with Gasteiger partial charge in [-0.1, -0.05) is 60.7 Å². The van der Waals surface area contributed by atoms with Gasteiger partial charge in [0.25, 0.3) is 0 Å². The molecule has 3 nitrogen and oxygen atoms in total. The Morgan fingerprint density at radius 1 is 0.875 bits per heavy atom. The van der Waals surface area contributed by atoms with Gasteiger partial charge in [-0.05, 0) is 46.4 Å². The third-order valence-corrected chi connectivity index (χ3v) is 3.94. The number of carbonyl (C=O) groups is 1. The van der Waals surface area contributed by atoms with Gasteiger partial charge in [-0.2, -0.15) is 0 Å². The number of phenolic OH excluding ortho intramolecular Hbond substituents is 1. The van der Waals surface area contributed by atoms with Crippen LogP contribution in [0.3, 0.4) is 0 Å². The topological polar surface area (TPSA) is 63.3 Å². The maximum atomic E-state index is 11.2. The van der Waals surface area contributed by atoms with Gasteiger partial charge in [0.1, 0.15) is 5.75 Å². The number of amides is 1. The molecule has 0 aliphatic rings. The van der Waals surface area contributed by atoms with Crippen molar-refractivity contribution in [2.75, 3.05) is 0 Å². The highest BCUT2D eigenvalue weighted by Crippen LogP contribution is 2.27. The van der Waals surface area contributed by atoms with E-state index in [-0.39, 0.29) is 18.1 Å². The van der Waals surface area contributed by atoms with Crippen LogP contribution < -0.4 is 5.73 Å². The summed E-state index contributed by atoms with van der Waals surface area (Å²) < 4.78 is 0. The fraction of sp³-hybridized carbons (Fsp3) is 0.0952. The molecular formula is C21H19NO2. The summed E-state index contributed by atoms with van der Waals surface area (Å²) in [5, 5.41) is 9.69. The lowest BCUT2D eigenvalue weighted by atomic mass is 9.92. The minimum atomic E-state index is -0.342. The summed E-state index contributed by atoms with van der Waals surface area (Å²) in [6.45, 7) is 0. The van der Waals surface area contributed by atoms with Crippen molar-refractivity contribution in [2.45, 2.75) is 12.8 Å². The number of hydrogen-bond donors (Lipinski definition) is 2. The van der Waals surface area contributed by atoms with E-state index in [0.29, 0.717) is 6.42 Å². The first-order valence-electron chi connectivity index (χ1n) is 7.85. The molecule has 0 saturated heterocycles. The van der Waals surface area contributed by atoms with Crippen molar-refractivity contribution in [1.29, 1.82) is 0 Å². The second-order valence-electron chi connectivity index (χ2n) is 5.85. The van der Waals surface area contributed by atoms with Gasteiger partial charge < -0.3 is 10.8 Å². The summed E-state index contributed by atoms with van der Waals surface area (Å²) in [6.07, 6.45) is 0.896. The number of hydrogen-bond acceptors (Lipinski definition) is 2. The lowest BCUT2D eigenvalue weighted by Gasteiger charge is -2.12. The van der Waals surface area contributed by atoms with Gasteiger partial charge in [-0.3, -0.25) is 4.79 Å². The van der Waals surface area contributed by atoms with Crippen LogP contribution in [0.25, 0.3) is 11.1 Å². The van der Waals surface area contributed by atoms with Crippen molar-refractivity contribution in [3.63, 3.8) is 0 Å². The number of primary amides is 1. The monoisotopic (exact) mass is 317 g/mol. The summed E-state index contributed by atoms with van der Waals surface area (Å²) in [4.78, 5) is 11.2. The van der Waals surface area contributed by atoms with E-state index in [1.54, 1.807) is 12.1 Å². The number of rotatable bonds is 5. The quantitative estimate of drug-likeness (QED) is 0.754. The Kier molecular flexibility index (Phi) is 4.62. The molecular weight excluding hydrogens is 298 g/mol. The minimum absolute atomic E-state index is 0.224. The van der Waals surface area contributed by atoms with Gasteiger partial charge >= 0.3 is 0 Å². The van der Waals surface area contributed by atoms with Crippen LogP contribution in [0.1, 0.15) is 16.7 Å². The third-order valence-electron chi connectivity index (χ3n) is 3.94. The first kappa shape index (κ1) is 15.8. The predicted molar refractivity (Wildman–Crippen MR) is 95.7 cm³/mol. The van der Waals surface area contributed by atoms with Gasteiger partial charge in [0.15, 0.2) is 0 Å². The van der Waals surface area contributed by atoms with Crippen molar-refractivity contribution < 1.29 is 9.90 Å². The van der Waals surface area contributed by atoms with Crippen LogP contribution in [-0.2, 0) is 17.6 Å². The molecule has 0 aliphatic heterocycles. The fourth-order valence-corrected chi connectivity index (χ4v) is 2.89. The third kappa shape index (κ3) is 3.82. The van der Waals surface area contributed by atoms with E-state index in [2.05, 4.69) is 12.1 Å². The van der Waals surface area contributed by atoms with Crippen molar-refractivity contribution in [3.05, 3.63) is 89.5 Å². The van der Waals surface area contributed by atoms with Crippen molar-refractivity contribution in [1.82, 2.24) is 0 Å². The second-order valence-corrected chi connectivity index (χ2v) is 5.85. The molecule has 0 unspecified atom stereocenters. The minimum Gasteiger partial charge on any atom is -0.508 e. The van der Waals surface area contributed by atoms with E-state index < -0.39 is 0 Å². The van der Waals surface area contributed by atoms with E-state index in [0.717, 1.165) is 27.8 Å². The number of nitrogens with two attached hydrogens (primary N) is 1. The molecule has 0 saturated carbocycles. The summed E-state index contributed by atoms with van der Waals surface area (Å²) in [6, 6.07) is 23.4. The van der Waals surface area contributed by atoms with Gasteiger partial charge in [-0.15, -0.1) is 0 Å². The summed E-state index contributed by atoms with van der Waals surface area (Å²) >= 11 is 0. The number of benzene rings is 3. The second kappa shape index (κ2) is 7.01. The van der Waals surface area contributed by atoms with E-state index in [1.807, 2.05) is 48.5 Å². The molecule has 24 heavy (non-hydrogen) atoms.